The molecule has 0 atom stereocenters. The van der Waals surface area contributed by atoms with Gasteiger partial charge in [0.25, 0.3) is 0 Å². The van der Waals surface area contributed by atoms with Gasteiger partial charge in [0.2, 0.25) is 0 Å². The zero-order valence-electron chi connectivity index (χ0n) is 12.6. The Kier molecular flexibility index (Phi) is 6.28. The van der Waals surface area contributed by atoms with Gasteiger partial charge >= 0.3 is 6.61 Å². The van der Waals surface area contributed by atoms with E-state index < -0.39 is 6.61 Å². The van der Waals surface area contributed by atoms with Gasteiger partial charge in [-0.05, 0) is 49.3 Å². The van der Waals surface area contributed by atoms with Crippen molar-refractivity contribution in [1.82, 2.24) is 15.1 Å². The van der Waals surface area contributed by atoms with E-state index in [1.54, 1.807) is 25.3 Å². The molecule has 0 aliphatic carbocycles. The Labute approximate surface area is 138 Å². The van der Waals surface area contributed by atoms with Crippen LogP contribution in [0.5, 0.6) is 5.75 Å². The molecule has 0 spiro atoms. The molecule has 8 heteroatoms. The molecule has 0 amide bonds. The Morgan fingerprint density at radius 3 is 2.96 bits per heavy atom. The van der Waals surface area contributed by atoms with Crippen LogP contribution in [-0.4, -0.2) is 28.0 Å². The first-order chi connectivity index (χ1) is 11.0. The number of rotatable bonds is 7. The molecule has 0 fully saturated rings. The zero-order valence-corrected chi connectivity index (χ0v) is 13.4. The van der Waals surface area contributed by atoms with Gasteiger partial charge in [0.05, 0.1) is 5.69 Å². The summed E-state index contributed by atoms with van der Waals surface area (Å²) in [6.07, 6.45) is 4.44. The van der Waals surface area contributed by atoms with Gasteiger partial charge in [-0.3, -0.25) is 4.68 Å². The third-order valence-corrected chi connectivity index (χ3v) is 3.26. The minimum absolute atomic E-state index is 0.0701. The number of halogens is 2. The van der Waals surface area contributed by atoms with Crippen LogP contribution in [0.1, 0.15) is 12.0 Å². The molecule has 1 aromatic heterocycles. The van der Waals surface area contributed by atoms with E-state index in [0.717, 1.165) is 18.5 Å². The largest absolute Gasteiger partial charge is 0.433 e. The van der Waals surface area contributed by atoms with Gasteiger partial charge in [-0.2, -0.15) is 13.9 Å². The summed E-state index contributed by atoms with van der Waals surface area (Å²) in [4.78, 5) is 0. The summed E-state index contributed by atoms with van der Waals surface area (Å²) in [5.41, 5.74) is 1.23. The first-order valence-corrected chi connectivity index (χ1v) is 7.53. The van der Waals surface area contributed by atoms with E-state index in [0.29, 0.717) is 17.3 Å². The summed E-state index contributed by atoms with van der Waals surface area (Å²) in [6, 6.07) is 6.85. The van der Waals surface area contributed by atoms with Crippen LogP contribution in [0.2, 0.25) is 0 Å². The molecule has 0 radical (unpaired) electrons. The van der Waals surface area contributed by atoms with Crippen molar-refractivity contribution in [2.45, 2.75) is 26.5 Å². The van der Waals surface area contributed by atoms with Crippen molar-refractivity contribution in [2.24, 2.45) is 0 Å². The number of alkyl halides is 2. The van der Waals surface area contributed by atoms with E-state index in [4.69, 9.17) is 12.2 Å². The molecule has 2 rings (SSSR count). The molecule has 0 saturated carbocycles. The number of aromatic nitrogens is 2. The number of anilines is 1. The van der Waals surface area contributed by atoms with Crippen LogP contribution < -0.4 is 15.4 Å². The number of nitrogens with zero attached hydrogens (tertiary/aromatic N) is 2. The maximum atomic E-state index is 12.4. The highest BCUT2D eigenvalue weighted by molar-refractivity contribution is 7.80. The number of hydrogen-bond acceptors (Lipinski definition) is 3. The van der Waals surface area contributed by atoms with Crippen LogP contribution in [0, 0.1) is 6.92 Å². The summed E-state index contributed by atoms with van der Waals surface area (Å²) >= 11 is 5.17. The Bertz CT molecular complexity index is 634. The minimum Gasteiger partial charge on any atom is -0.433 e. The minimum atomic E-state index is -2.88. The maximum Gasteiger partial charge on any atom is 0.387 e. The van der Waals surface area contributed by atoms with Crippen LogP contribution in [0.25, 0.3) is 0 Å². The van der Waals surface area contributed by atoms with Gasteiger partial charge < -0.3 is 15.4 Å². The van der Waals surface area contributed by atoms with Crippen LogP contribution in [0.3, 0.4) is 0 Å². The number of thiocarbonyl (C=S) groups is 1. The van der Waals surface area contributed by atoms with Crippen molar-refractivity contribution in [3.8, 4) is 5.75 Å². The third-order valence-electron chi connectivity index (χ3n) is 3.01. The molecule has 0 aliphatic heterocycles. The van der Waals surface area contributed by atoms with E-state index in [1.165, 1.54) is 6.07 Å². The molecule has 0 aliphatic rings. The Morgan fingerprint density at radius 1 is 1.43 bits per heavy atom. The highest BCUT2D eigenvalue weighted by Gasteiger charge is 2.11. The predicted octanol–water partition coefficient (Wildman–Crippen LogP) is 3.17. The maximum absolute atomic E-state index is 12.4. The number of aryl methyl sites for hydroxylation is 2. The molecule has 2 N–H and O–H groups in total. The number of benzene rings is 1. The van der Waals surface area contributed by atoms with Crippen LogP contribution in [0.15, 0.2) is 36.7 Å². The molecule has 0 saturated heterocycles. The second-order valence-corrected chi connectivity index (χ2v) is 5.29. The molecule has 2 aromatic rings. The van der Waals surface area contributed by atoms with E-state index in [9.17, 15) is 8.78 Å². The SMILES string of the molecule is Cc1ccc(NC(=S)NCCCn2cccn2)c(OC(F)F)c1. The molecule has 5 nitrogen and oxygen atoms in total. The van der Waals surface area contributed by atoms with E-state index in [1.807, 2.05) is 16.9 Å². The molecule has 23 heavy (non-hydrogen) atoms. The van der Waals surface area contributed by atoms with Crippen molar-refractivity contribution in [3.63, 3.8) is 0 Å². The third kappa shape index (κ3) is 5.82. The molecule has 1 heterocycles. The summed E-state index contributed by atoms with van der Waals surface area (Å²) in [5, 5.41) is 10.4. The first kappa shape index (κ1) is 17.1. The van der Waals surface area contributed by atoms with Gasteiger partial charge in [0.15, 0.2) is 5.11 Å². The molecule has 0 unspecified atom stereocenters. The van der Waals surface area contributed by atoms with Gasteiger partial charge in [-0.15, -0.1) is 0 Å². The summed E-state index contributed by atoms with van der Waals surface area (Å²) < 4.78 is 31.2. The highest BCUT2D eigenvalue weighted by atomic mass is 32.1. The average molecular weight is 340 g/mol. The lowest BCUT2D eigenvalue weighted by molar-refractivity contribution is -0.0493. The van der Waals surface area contributed by atoms with Crippen molar-refractivity contribution < 1.29 is 13.5 Å². The topological polar surface area (TPSA) is 51.1 Å². The number of hydrogen-bond donors (Lipinski definition) is 2. The fraction of sp³-hybridized carbons (Fsp3) is 0.333. The summed E-state index contributed by atoms with van der Waals surface area (Å²) in [5.74, 6) is 0.0701. The van der Waals surface area contributed by atoms with Gasteiger partial charge in [-0.25, -0.2) is 0 Å². The Balaban J connectivity index is 1.82. The second-order valence-electron chi connectivity index (χ2n) is 4.88. The average Bonchev–Trinajstić information content (AvgIpc) is 2.99. The highest BCUT2D eigenvalue weighted by Crippen LogP contribution is 2.27. The molecule has 0 bridgehead atoms. The smallest absolute Gasteiger partial charge is 0.387 e. The fourth-order valence-corrected chi connectivity index (χ4v) is 2.18. The number of ether oxygens (including phenoxy) is 1. The van der Waals surface area contributed by atoms with E-state index >= 15 is 0 Å². The monoisotopic (exact) mass is 340 g/mol. The second kappa shape index (κ2) is 8.42. The Hall–Kier alpha value is -2.22. The lowest BCUT2D eigenvalue weighted by Gasteiger charge is -2.15. The van der Waals surface area contributed by atoms with Crippen molar-refractivity contribution in [1.29, 1.82) is 0 Å². The van der Waals surface area contributed by atoms with Crippen molar-refractivity contribution in [3.05, 3.63) is 42.2 Å². The fourth-order valence-electron chi connectivity index (χ4n) is 1.97. The first-order valence-electron chi connectivity index (χ1n) is 7.12. The normalized spacial score (nSPS) is 10.6. The zero-order chi connectivity index (χ0) is 16.7. The van der Waals surface area contributed by atoms with Crippen molar-refractivity contribution in [2.75, 3.05) is 11.9 Å². The van der Waals surface area contributed by atoms with Crippen LogP contribution in [0.4, 0.5) is 14.5 Å². The molecule has 1 aromatic carbocycles. The van der Waals surface area contributed by atoms with Gasteiger partial charge in [0.1, 0.15) is 5.75 Å². The predicted molar refractivity (Wildman–Crippen MR) is 88.9 cm³/mol. The van der Waals surface area contributed by atoms with Crippen LogP contribution in [-0.2, 0) is 6.54 Å². The number of nitrogens with one attached hydrogen (secondary N) is 2. The van der Waals surface area contributed by atoms with Gasteiger partial charge in [0, 0.05) is 25.5 Å². The van der Waals surface area contributed by atoms with E-state index in [-0.39, 0.29) is 5.75 Å². The molecule has 124 valence electrons. The molecular weight excluding hydrogens is 322 g/mol. The lowest BCUT2D eigenvalue weighted by atomic mass is 10.2. The summed E-state index contributed by atoms with van der Waals surface area (Å²) in [6.45, 7) is 0.330. The Morgan fingerprint density at radius 2 is 2.26 bits per heavy atom. The van der Waals surface area contributed by atoms with E-state index in [2.05, 4.69) is 20.5 Å². The quantitative estimate of drug-likeness (QED) is 0.599. The summed E-state index contributed by atoms with van der Waals surface area (Å²) in [7, 11) is 0. The van der Waals surface area contributed by atoms with Crippen LogP contribution >= 0.6 is 12.2 Å². The van der Waals surface area contributed by atoms with Crippen molar-refractivity contribution >= 4 is 23.0 Å². The molecular formula is C15H18F2N4OS. The standard InChI is InChI=1S/C15H18F2N4OS/c1-11-4-5-12(13(10-11)22-14(16)17)20-15(23)18-6-2-8-21-9-3-7-19-21/h3-5,7,9-10,14H,2,6,8H2,1H3,(H2,18,20,23). The lowest BCUT2D eigenvalue weighted by Crippen LogP contribution is -2.30. The van der Waals surface area contributed by atoms with Gasteiger partial charge in [-0.1, -0.05) is 6.07 Å².